The number of carboxylic acids is 1. The van der Waals surface area contributed by atoms with E-state index in [1.807, 2.05) is 6.92 Å². The summed E-state index contributed by atoms with van der Waals surface area (Å²) in [7, 11) is 0. The van der Waals surface area contributed by atoms with Gasteiger partial charge in [0.1, 0.15) is 6.04 Å². The van der Waals surface area contributed by atoms with Gasteiger partial charge in [-0.1, -0.05) is 12.3 Å². The summed E-state index contributed by atoms with van der Waals surface area (Å²) in [5, 5.41) is 9.41. The molecule has 3 atom stereocenters. The summed E-state index contributed by atoms with van der Waals surface area (Å²) in [6.07, 6.45) is 8.26. The van der Waals surface area contributed by atoms with E-state index in [9.17, 15) is 14.7 Å². The molecule has 0 aromatic rings. The first-order valence-corrected chi connectivity index (χ1v) is 6.82. The summed E-state index contributed by atoms with van der Waals surface area (Å²) >= 11 is 0. The molecule has 2 aliphatic rings. The lowest BCUT2D eigenvalue weighted by molar-refractivity contribution is -0.142. The number of hydrogen-bond donors (Lipinski definition) is 1. The molecule has 1 saturated carbocycles. The van der Waals surface area contributed by atoms with Crippen LogP contribution in [0.2, 0.25) is 0 Å². The number of rotatable bonds is 3. The molecular formula is C14H20N2O3. The van der Waals surface area contributed by atoms with Gasteiger partial charge in [0, 0.05) is 13.1 Å². The van der Waals surface area contributed by atoms with Gasteiger partial charge in [-0.15, -0.1) is 6.42 Å². The quantitative estimate of drug-likeness (QED) is 0.780. The van der Waals surface area contributed by atoms with Crippen LogP contribution < -0.4 is 0 Å². The number of amides is 2. The number of hydrogen-bond acceptors (Lipinski definition) is 2. The third-order valence-electron chi connectivity index (χ3n) is 4.32. The van der Waals surface area contributed by atoms with Gasteiger partial charge in [-0.3, -0.25) is 0 Å². The molecule has 1 aliphatic carbocycles. The van der Waals surface area contributed by atoms with Crippen molar-refractivity contribution in [2.45, 2.75) is 32.2 Å². The van der Waals surface area contributed by atoms with Gasteiger partial charge in [0.25, 0.3) is 0 Å². The fourth-order valence-corrected chi connectivity index (χ4v) is 3.43. The molecule has 2 fully saturated rings. The van der Waals surface area contributed by atoms with Crippen LogP contribution in [0.4, 0.5) is 4.79 Å². The van der Waals surface area contributed by atoms with E-state index >= 15 is 0 Å². The number of aliphatic carboxylic acids is 1. The largest absolute Gasteiger partial charge is 0.480 e. The highest BCUT2D eigenvalue weighted by atomic mass is 16.4. The van der Waals surface area contributed by atoms with Crippen LogP contribution in [0, 0.1) is 24.2 Å². The molecule has 5 heteroatoms. The maximum atomic E-state index is 12.4. The molecule has 104 valence electrons. The molecule has 3 unspecified atom stereocenters. The maximum absolute atomic E-state index is 12.4. The highest BCUT2D eigenvalue weighted by Gasteiger charge is 2.50. The first-order chi connectivity index (χ1) is 9.10. The smallest absolute Gasteiger partial charge is 0.326 e. The second-order valence-electron chi connectivity index (χ2n) is 5.29. The number of urea groups is 1. The van der Waals surface area contributed by atoms with Crippen molar-refractivity contribution in [2.75, 3.05) is 19.6 Å². The average Bonchev–Trinajstić information content (AvgIpc) is 2.94. The summed E-state index contributed by atoms with van der Waals surface area (Å²) in [5.74, 6) is 2.02. The molecule has 0 aromatic carbocycles. The molecule has 0 radical (unpaired) electrons. The molecule has 2 rings (SSSR count). The number of carbonyl (C=O) groups is 2. The van der Waals surface area contributed by atoms with Crippen molar-refractivity contribution in [3.63, 3.8) is 0 Å². The van der Waals surface area contributed by atoms with E-state index in [1.54, 1.807) is 0 Å². The van der Waals surface area contributed by atoms with Gasteiger partial charge in [0.05, 0.1) is 6.54 Å². The lowest BCUT2D eigenvalue weighted by atomic mass is 9.94. The standard InChI is InChI=1S/C14H20N2O3/c1-3-8-15(4-2)14(19)16-9-10-6-5-7-11(10)12(16)13(17)18/h1,10-12H,4-9H2,2H3,(H,17,18). The Morgan fingerprint density at radius 2 is 2.21 bits per heavy atom. The fourth-order valence-electron chi connectivity index (χ4n) is 3.43. The van der Waals surface area contributed by atoms with Crippen molar-refractivity contribution in [3.8, 4) is 12.3 Å². The molecule has 1 N–H and O–H groups in total. The van der Waals surface area contributed by atoms with Gasteiger partial charge in [-0.05, 0) is 31.6 Å². The number of terminal acetylenes is 1. The van der Waals surface area contributed by atoms with Crippen LogP contribution in [-0.2, 0) is 4.79 Å². The van der Waals surface area contributed by atoms with Crippen LogP contribution >= 0.6 is 0 Å². The second-order valence-corrected chi connectivity index (χ2v) is 5.29. The lowest BCUT2D eigenvalue weighted by Gasteiger charge is -2.29. The second kappa shape index (κ2) is 5.52. The Bertz CT molecular complexity index is 415. The molecule has 5 nitrogen and oxygen atoms in total. The summed E-state index contributed by atoms with van der Waals surface area (Å²) < 4.78 is 0. The average molecular weight is 264 g/mol. The number of fused-ring (bicyclic) bond motifs is 1. The lowest BCUT2D eigenvalue weighted by Crippen LogP contribution is -2.49. The summed E-state index contributed by atoms with van der Waals surface area (Å²) in [6, 6.07) is -0.908. The van der Waals surface area contributed by atoms with Crippen molar-refractivity contribution in [1.29, 1.82) is 0 Å². The van der Waals surface area contributed by atoms with E-state index in [1.165, 1.54) is 9.80 Å². The molecule has 0 bridgehead atoms. The number of carboxylic acid groups (broad SMARTS) is 1. The molecule has 1 aliphatic heterocycles. The maximum Gasteiger partial charge on any atom is 0.326 e. The van der Waals surface area contributed by atoms with E-state index in [-0.39, 0.29) is 18.5 Å². The monoisotopic (exact) mass is 264 g/mol. The van der Waals surface area contributed by atoms with E-state index in [4.69, 9.17) is 6.42 Å². The molecule has 19 heavy (non-hydrogen) atoms. The van der Waals surface area contributed by atoms with Crippen LogP contribution in [0.1, 0.15) is 26.2 Å². The first kappa shape index (κ1) is 13.7. The highest BCUT2D eigenvalue weighted by molar-refractivity contribution is 5.84. The zero-order valence-corrected chi connectivity index (χ0v) is 11.2. The highest BCUT2D eigenvalue weighted by Crippen LogP contribution is 2.42. The van der Waals surface area contributed by atoms with Crippen LogP contribution in [0.15, 0.2) is 0 Å². The third-order valence-corrected chi connectivity index (χ3v) is 4.32. The molecule has 1 heterocycles. The SMILES string of the molecule is C#CCN(CC)C(=O)N1CC2CCCC2C1C(=O)O. The first-order valence-electron chi connectivity index (χ1n) is 6.82. The van der Waals surface area contributed by atoms with Crippen molar-refractivity contribution in [2.24, 2.45) is 11.8 Å². The van der Waals surface area contributed by atoms with E-state index in [2.05, 4.69) is 5.92 Å². The van der Waals surface area contributed by atoms with Crippen molar-refractivity contribution in [3.05, 3.63) is 0 Å². The number of nitrogens with zero attached hydrogens (tertiary/aromatic N) is 2. The van der Waals surface area contributed by atoms with Crippen molar-refractivity contribution in [1.82, 2.24) is 9.80 Å². The van der Waals surface area contributed by atoms with Gasteiger partial charge in [0.15, 0.2) is 0 Å². The number of likely N-dealkylation sites (tertiary alicyclic amines) is 1. The molecule has 0 spiro atoms. The predicted octanol–water partition coefficient (Wildman–Crippen LogP) is 1.25. The molecular weight excluding hydrogens is 244 g/mol. The van der Waals surface area contributed by atoms with Crippen LogP contribution in [0.5, 0.6) is 0 Å². The van der Waals surface area contributed by atoms with Gasteiger partial charge in [-0.2, -0.15) is 0 Å². The Hall–Kier alpha value is -1.70. The molecule has 1 saturated heterocycles. The Balaban J connectivity index is 2.16. The van der Waals surface area contributed by atoms with Crippen LogP contribution in [0.25, 0.3) is 0 Å². The minimum absolute atomic E-state index is 0.117. The molecule has 2 amide bonds. The molecule has 0 aromatic heterocycles. The predicted molar refractivity (Wildman–Crippen MR) is 70.4 cm³/mol. The van der Waals surface area contributed by atoms with E-state index < -0.39 is 12.0 Å². The zero-order chi connectivity index (χ0) is 14.0. The van der Waals surface area contributed by atoms with Crippen LogP contribution in [-0.4, -0.2) is 52.6 Å². The van der Waals surface area contributed by atoms with E-state index in [0.29, 0.717) is 19.0 Å². The summed E-state index contributed by atoms with van der Waals surface area (Å²) in [5.41, 5.74) is 0. The fraction of sp³-hybridized carbons (Fsp3) is 0.714. The third kappa shape index (κ3) is 2.40. The van der Waals surface area contributed by atoms with Gasteiger partial charge < -0.3 is 14.9 Å². The summed E-state index contributed by atoms with van der Waals surface area (Å²) in [6.45, 7) is 3.14. The normalized spacial score (nSPS) is 28.8. The Morgan fingerprint density at radius 3 is 2.79 bits per heavy atom. The Kier molecular flexibility index (Phi) is 3.98. The van der Waals surface area contributed by atoms with E-state index in [0.717, 1.165) is 19.3 Å². The van der Waals surface area contributed by atoms with Gasteiger partial charge >= 0.3 is 12.0 Å². The number of carbonyl (C=O) groups excluding carboxylic acids is 1. The van der Waals surface area contributed by atoms with Crippen molar-refractivity contribution >= 4 is 12.0 Å². The minimum Gasteiger partial charge on any atom is -0.480 e. The Labute approximate surface area is 113 Å². The Morgan fingerprint density at radius 1 is 1.47 bits per heavy atom. The van der Waals surface area contributed by atoms with Gasteiger partial charge in [0.2, 0.25) is 0 Å². The minimum atomic E-state index is -0.889. The summed E-state index contributed by atoms with van der Waals surface area (Å²) in [4.78, 5) is 26.9. The van der Waals surface area contributed by atoms with Crippen LogP contribution in [0.3, 0.4) is 0 Å². The van der Waals surface area contributed by atoms with Crippen molar-refractivity contribution < 1.29 is 14.7 Å². The zero-order valence-electron chi connectivity index (χ0n) is 11.2. The topological polar surface area (TPSA) is 60.9 Å². The van der Waals surface area contributed by atoms with Gasteiger partial charge in [-0.25, -0.2) is 9.59 Å².